The average molecular weight is 864 g/mol. The molecular formula is C51H61N9O4. The van der Waals surface area contributed by atoms with E-state index in [1.807, 2.05) is 18.2 Å². The van der Waals surface area contributed by atoms with Gasteiger partial charge in [-0.05, 0) is 142 Å². The zero-order valence-electron chi connectivity index (χ0n) is 38.1. The maximum absolute atomic E-state index is 14.0. The third-order valence-corrected chi connectivity index (χ3v) is 12.7. The lowest BCUT2D eigenvalue weighted by atomic mass is 9.83. The predicted octanol–water partition coefficient (Wildman–Crippen LogP) is 6.17. The summed E-state index contributed by atoms with van der Waals surface area (Å²) in [7, 11) is 0. The van der Waals surface area contributed by atoms with Crippen molar-refractivity contribution >= 4 is 23.6 Å². The summed E-state index contributed by atoms with van der Waals surface area (Å²) < 4.78 is 0. The second-order valence-electron chi connectivity index (χ2n) is 16.2. The lowest BCUT2D eigenvalue weighted by Gasteiger charge is -2.27. The number of amides is 4. The number of nitrogens with one attached hydrogen (secondary N) is 6. The fourth-order valence-electron chi connectivity index (χ4n) is 9.80. The second-order valence-corrected chi connectivity index (χ2v) is 16.2. The van der Waals surface area contributed by atoms with Crippen LogP contribution in [0.4, 0.5) is 0 Å². The van der Waals surface area contributed by atoms with Crippen LogP contribution in [0.15, 0.2) is 54.6 Å². The fraction of sp³-hybridized carbons (Fsp3) is 0.392. The Balaban J connectivity index is 1.45. The van der Waals surface area contributed by atoms with Crippen LogP contribution in [-0.2, 0) is 90.9 Å². The van der Waals surface area contributed by atoms with Crippen LogP contribution in [0.1, 0.15) is 162 Å². The highest BCUT2D eigenvalue weighted by Gasteiger charge is 2.26. The van der Waals surface area contributed by atoms with Crippen LogP contribution in [0, 0.1) is 0 Å². The van der Waals surface area contributed by atoms with Crippen LogP contribution in [0.2, 0.25) is 0 Å². The standard InChI is InChI=1S/C51H61N9O4/c1-7-32-38-24-52-22-30-16-13-17-31(58-30)23-53-25-39-34(9-3)42-28-56-50(63)46-19-14-18-44(59-46)48(61)54-26-40(32)36(11-5)41(33(38)8-2)27-55-49(62)45-20-15-21-47(60-45)51(64)57-29-43(35(39)10-4)37(42)12-6/h13-21,52-53H,7-12,22-29H2,1-6H3,(H,54,61)(H,55,62)(H,56,63)(H,57,64). The van der Waals surface area contributed by atoms with Gasteiger partial charge >= 0.3 is 0 Å². The van der Waals surface area contributed by atoms with E-state index in [9.17, 15) is 19.2 Å². The van der Waals surface area contributed by atoms with Crippen molar-refractivity contribution in [1.29, 1.82) is 0 Å². The van der Waals surface area contributed by atoms with E-state index < -0.39 is 23.6 Å². The van der Waals surface area contributed by atoms with Gasteiger partial charge in [0.25, 0.3) is 23.6 Å². The van der Waals surface area contributed by atoms with E-state index in [2.05, 4.69) is 83.4 Å². The molecule has 4 amide bonds. The summed E-state index contributed by atoms with van der Waals surface area (Å²) in [5.41, 5.74) is 15.2. The van der Waals surface area contributed by atoms with Crippen LogP contribution in [-0.4, -0.2) is 38.6 Å². The molecule has 0 spiro atoms. The van der Waals surface area contributed by atoms with Crippen molar-refractivity contribution in [3.63, 3.8) is 0 Å². The Morgan fingerprint density at radius 2 is 0.594 bits per heavy atom. The zero-order valence-corrected chi connectivity index (χ0v) is 38.1. The Bertz CT molecular complexity index is 2290. The summed E-state index contributed by atoms with van der Waals surface area (Å²) in [5, 5.41) is 20.0. The molecule has 334 valence electrons. The predicted molar refractivity (Wildman–Crippen MR) is 248 cm³/mol. The van der Waals surface area contributed by atoms with Crippen LogP contribution in [0.25, 0.3) is 0 Å². The first kappa shape index (κ1) is 45.7. The molecule has 6 N–H and O–H groups in total. The van der Waals surface area contributed by atoms with Crippen molar-refractivity contribution in [3.05, 3.63) is 156 Å². The molecule has 0 saturated heterocycles. The topological polar surface area (TPSA) is 179 Å². The molecule has 3 aliphatic heterocycles. The molecule has 8 rings (SSSR count). The minimum atomic E-state index is -0.394. The molecule has 3 aliphatic rings. The summed E-state index contributed by atoms with van der Waals surface area (Å²) in [6.45, 7) is 15.7. The molecule has 64 heavy (non-hydrogen) atoms. The molecule has 6 heterocycles. The van der Waals surface area contributed by atoms with Gasteiger partial charge in [0, 0.05) is 52.4 Å². The van der Waals surface area contributed by atoms with Gasteiger partial charge in [-0.25, -0.2) is 9.97 Å². The highest BCUT2D eigenvalue weighted by atomic mass is 16.2. The van der Waals surface area contributed by atoms with Crippen molar-refractivity contribution in [2.45, 2.75) is 132 Å². The number of hydrogen-bond acceptors (Lipinski definition) is 9. The first-order valence-corrected chi connectivity index (χ1v) is 22.9. The molecular weight excluding hydrogens is 803 g/mol. The van der Waals surface area contributed by atoms with E-state index in [0.29, 0.717) is 64.7 Å². The van der Waals surface area contributed by atoms with Gasteiger partial charge in [0.15, 0.2) is 0 Å². The third-order valence-electron chi connectivity index (χ3n) is 12.7. The smallest absolute Gasteiger partial charge is 0.270 e. The molecule has 0 saturated carbocycles. The van der Waals surface area contributed by atoms with Crippen molar-refractivity contribution in [2.75, 3.05) is 0 Å². The van der Waals surface area contributed by atoms with E-state index in [0.717, 1.165) is 78.1 Å². The van der Waals surface area contributed by atoms with Crippen molar-refractivity contribution in [3.8, 4) is 0 Å². The minimum absolute atomic E-state index is 0.138. The van der Waals surface area contributed by atoms with Gasteiger partial charge in [-0.15, -0.1) is 0 Å². The molecule has 0 aliphatic carbocycles. The van der Waals surface area contributed by atoms with Gasteiger partial charge in [-0.1, -0.05) is 59.7 Å². The second kappa shape index (κ2) is 20.9. The Hall–Kier alpha value is -6.31. The van der Waals surface area contributed by atoms with Gasteiger partial charge in [0.2, 0.25) is 0 Å². The summed E-state index contributed by atoms with van der Waals surface area (Å²) in [5.74, 6) is -1.58. The van der Waals surface area contributed by atoms with Gasteiger partial charge < -0.3 is 31.9 Å². The Morgan fingerprint density at radius 1 is 0.344 bits per heavy atom. The molecule has 5 aromatic rings. The van der Waals surface area contributed by atoms with E-state index in [4.69, 9.17) is 4.98 Å². The average Bonchev–Trinajstić information content (AvgIpc) is 3.32. The number of aromatic nitrogens is 3. The Kier molecular flexibility index (Phi) is 14.9. The molecule has 0 fully saturated rings. The summed E-state index contributed by atoms with van der Waals surface area (Å²) >= 11 is 0. The number of carbonyl (C=O) groups excluding carboxylic acids is 4. The maximum Gasteiger partial charge on any atom is 0.270 e. The van der Waals surface area contributed by atoms with Crippen molar-refractivity contribution < 1.29 is 19.2 Å². The van der Waals surface area contributed by atoms with Crippen molar-refractivity contribution in [1.82, 2.24) is 46.9 Å². The minimum Gasteiger partial charge on any atom is -0.347 e. The van der Waals surface area contributed by atoms with Crippen LogP contribution in [0.3, 0.4) is 0 Å². The number of hydrogen-bond donors (Lipinski definition) is 6. The maximum atomic E-state index is 14.0. The number of rotatable bonds is 6. The van der Waals surface area contributed by atoms with Crippen LogP contribution < -0.4 is 31.9 Å². The summed E-state index contributed by atoms with van der Waals surface area (Å²) in [6.07, 6.45) is 4.15. The SMILES string of the molecule is CCc1c2c(CC)c3c(CC)c1CNC(=O)c1cccc(n1)C(=O)NCc1c(CC)c(c(CC)c(c1CC)CNC(=O)c1cccc(n1)C(=O)NC3)CNCc1cccc(n1)CNC2. The normalized spacial score (nSPS) is 15.1. The molecule has 2 aromatic carbocycles. The fourth-order valence-corrected chi connectivity index (χ4v) is 9.80. The van der Waals surface area contributed by atoms with E-state index >= 15 is 0 Å². The molecule has 3 aromatic heterocycles. The van der Waals surface area contributed by atoms with Crippen LogP contribution in [0.5, 0.6) is 0 Å². The first-order valence-electron chi connectivity index (χ1n) is 22.9. The van der Waals surface area contributed by atoms with E-state index in [1.54, 1.807) is 36.4 Å². The number of fused-ring (bicyclic) bond motifs is 12. The molecule has 13 nitrogen and oxygen atoms in total. The Morgan fingerprint density at radius 3 is 0.859 bits per heavy atom. The quantitative estimate of drug-likeness (QED) is 0.117. The first-order chi connectivity index (χ1) is 31.1. The van der Waals surface area contributed by atoms with Gasteiger partial charge in [-0.2, -0.15) is 0 Å². The molecule has 0 radical (unpaired) electrons. The van der Waals surface area contributed by atoms with Gasteiger partial charge in [-0.3, -0.25) is 24.2 Å². The van der Waals surface area contributed by atoms with Gasteiger partial charge in [0.1, 0.15) is 22.8 Å². The number of nitrogens with zero attached hydrogens (tertiary/aromatic N) is 3. The Labute approximate surface area is 376 Å². The van der Waals surface area contributed by atoms with Crippen LogP contribution >= 0.6 is 0 Å². The monoisotopic (exact) mass is 863 g/mol. The number of pyridine rings is 3. The highest BCUT2D eigenvalue weighted by molar-refractivity contribution is 5.97. The highest BCUT2D eigenvalue weighted by Crippen LogP contribution is 2.33. The number of benzene rings is 2. The molecule has 0 atom stereocenters. The molecule has 0 unspecified atom stereocenters. The lowest BCUT2D eigenvalue weighted by molar-refractivity contribution is 0.0926. The zero-order chi connectivity index (χ0) is 45.3. The largest absolute Gasteiger partial charge is 0.347 e. The lowest BCUT2D eigenvalue weighted by Crippen LogP contribution is -2.31. The summed E-state index contributed by atoms with van der Waals surface area (Å²) in [6, 6.07) is 16.0. The van der Waals surface area contributed by atoms with E-state index in [1.165, 1.54) is 0 Å². The summed E-state index contributed by atoms with van der Waals surface area (Å²) in [4.78, 5) is 70.2. The number of carbonyl (C=O) groups is 4. The van der Waals surface area contributed by atoms with Crippen molar-refractivity contribution in [2.24, 2.45) is 0 Å². The van der Waals surface area contributed by atoms with Gasteiger partial charge in [0.05, 0.1) is 11.4 Å². The molecule has 13 heteroatoms. The van der Waals surface area contributed by atoms with E-state index in [-0.39, 0.29) is 49.0 Å². The third kappa shape index (κ3) is 9.60. The molecule has 12 bridgehead atoms.